The Labute approximate surface area is 120 Å². The summed E-state index contributed by atoms with van der Waals surface area (Å²) in [5, 5.41) is 13.8. The summed E-state index contributed by atoms with van der Waals surface area (Å²) in [6.45, 7) is 7.27. The lowest BCUT2D eigenvalue weighted by Crippen LogP contribution is -2.48. The molecule has 1 unspecified atom stereocenters. The van der Waals surface area contributed by atoms with E-state index in [4.69, 9.17) is 0 Å². The third kappa shape index (κ3) is 5.47. The van der Waals surface area contributed by atoms with E-state index < -0.39 is 0 Å². The minimum absolute atomic E-state index is 0.122. The molecule has 1 atom stereocenters. The Bertz CT molecular complexity index is 369. The van der Waals surface area contributed by atoms with Crippen LogP contribution in [-0.4, -0.2) is 39.5 Å². The maximum absolute atomic E-state index is 9.57. The molecule has 0 radical (unpaired) electrons. The summed E-state index contributed by atoms with van der Waals surface area (Å²) < 4.78 is 0. The number of hydrogen-bond donors (Lipinski definition) is 2. The largest absolute Gasteiger partial charge is 0.394 e. The van der Waals surface area contributed by atoms with E-state index in [-0.39, 0.29) is 12.1 Å². The number of aryl methyl sites for hydroxylation is 1. The molecule has 1 heterocycles. The highest BCUT2D eigenvalue weighted by atomic mass is 32.2. The van der Waals surface area contributed by atoms with Crippen molar-refractivity contribution in [3.63, 3.8) is 0 Å². The van der Waals surface area contributed by atoms with E-state index in [0.717, 1.165) is 42.4 Å². The third-order valence-corrected chi connectivity index (χ3v) is 4.28. The van der Waals surface area contributed by atoms with E-state index in [1.54, 1.807) is 18.0 Å². The van der Waals surface area contributed by atoms with Gasteiger partial charge in [-0.15, -0.1) is 0 Å². The zero-order chi connectivity index (χ0) is 14.1. The van der Waals surface area contributed by atoms with E-state index in [0.29, 0.717) is 0 Å². The molecule has 1 rings (SSSR count). The molecule has 0 spiro atoms. The number of aliphatic hydroxyl groups excluding tert-OH is 1. The van der Waals surface area contributed by atoms with E-state index in [9.17, 15) is 5.11 Å². The second-order valence-electron chi connectivity index (χ2n) is 4.75. The van der Waals surface area contributed by atoms with E-state index >= 15 is 0 Å². The molecule has 1 aromatic rings. The van der Waals surface area contributed by atoms with E-state index in [2.05, 4.69) is 29.1 Å². The van der Waals surface area contributed by atoms with Crippen molar-refractivity contribution in [3.8, 4) is 0 Å². The molecule has 108 valence electrons. The number of aliphatic hydroxyl groups is 1. The molecule has 0 aliphatic rings. The fourth-order valence-electron chi connectivity index (χ4n) is 2.08. The van der Waals surface area contributed by atoms with Crippen LogP contribution in [0.2, 0.25) is 0 Å². The molecule has 0 amide bonds. The van der Waals surface area contributed by atoms with Gasteiger partial charge < -0.3 is 10.4 Å². The highest BCUT2D eigenvalue weighted by Gasteiger charge is 2.25. The zero-order valence-corrected chi connectivity index (χ0v) is 13.0. The molecule has 0 aliphatic carbocycles. The van der Waals surface area contributed by atoms with Crippen molar-refractivity contribution in [2.24, 2.45) is 0 Å². The van der Waals surface area contributed by atoms with Gasteiger partial charge in [0.2, 0.25) is 0 Å². The number of thioether (sulfide) groups is 1. The number of nitrogens with zero attached hydrogens (tertiary/aromatic N) is 2. The van der Waals surface area contributed by atoms with Crippen molar-refractivity contribution in [1.82, 2.24) is 15.3 Å². The molecular formula is C14H25N3OS. The van der Waals surface area contributed by atoms with Crippen LogP contribution < -0.4 is 5.32 Å². The Hall–Kier alpha value is -0.650. The highest BCUT2D eigenvalue weighted by molar-refractivity contribution is 7.99. The second kappa shape index (κ2) is 8.51. The Morgan fingerprint density at radius 3 is 2.79 bits per heavy atom. The maximum atomic E-state index is 9.57. The molecular weight excluding hydrogens is 258 g/mol. The summed E-state index contributed by atoms with van der Waals surface area (Å²) in [6, 6.07) is 1.91. The van der Waals surface area contributed by atoms with Gasteiger partial charge in [-0.25, -0.2) is 9.97 Å². The lowest BCUT2D eigenvalue weighted by atomic mass is 9.91. The molecule has 0 fully saturated rings. The Morgan fingerprint density at radius 1 is 1.42 bits per heavy atom. The molecule has 0 saturated heterocycles. The van der Waals surface area contributed by atoms with Gasteiger partial charge in [-0.05, 0) is 38.8 Å². The minimum Gasteiger partial charge on any atom is -0.394 e. The molecule has 0 aliphatic heterocycles. The Kier molecular flexibility index (Phi) is 7.34. The molecule has 0 saturated carbocycles. The minimum atomic E-state index is -0.122. The standard InChI is InChI=1S/C14H25N3OS/c1-4-14(11-18,16-5-2)8-6-10-19-13-15-9-7-12(3)17-13/h7,9,16,18H,4-6,8,10-11H2,1-3H3. The van der Waals surface area contributed by atoms with Crippen LogP contribution in [0.4, 0.5) is 0 Å². The van der Waals surface area contributed by atoms with Crippen LogP contribution in [0, 0.1) is 6.92 Å². The molecule has 0 bridgehead atoms. The maximum Gasteiger partial charge on any atom is 0.187 e. The molecule has 2 N–H and O–H groups in total. The normalized spacial score (nSPS) is 14.3. The molecule has 4 nitrogen and oxygen atoms in total. The smallest absolute Gasteiger partial charge is 0.187 e. The monoisotopic (exact) mass is 283 g/mol. The number of aromatic nitrogens is 2. The lowest BCUT2D eigenvalue weighted by Gasteiger charge is -2.31. The SMILES string of the molecule is CCNC(CC)(CO)CCCSc1nccc(C)n1. The van der Waals surface area contributed by atoms with Crippen LogP contribution in [0.1, 0.15) is 38.8 Å². The van der Waals surface area contributed by atoms with Crippen LogP contribution >= 0.6 is 11.8 Å². The Balaban J connectivity index is 2.36. The number of likely N-dealkylation sites (N-methyl/N-ethyl adjacent to an activating group) is 1. The van der Waals surface area contributed by atoms with Crippen molar-refractivity contribution >= 4 is 11.8 Å². The van der Waals surface area contributed by atoms with Crippen molar-refractivity contribution in [1.29, 1.82) is 0 Å². The van der Waals surface area contributed by atoms with Gasteiger partial charge in [0.05, 0.1) is 6.61 Å². The first kappa shape index (κ1) is 16.4. The van der Waals surface area contributed by atoms with Crippen LogP contribution in [0.5, 0.6) is 0 Å². The highest BCUT2D eigenvalue weighted by Crippen LogP contribution is 2.21. The molecule has 5 heteroatoms. The Morgan fingerprint density at radius 2 is 2.21 bits per heavy atom. The summed E-state index contributed by atoms with van der Waals surface area (Å²) in [5.41, 5.74) is 0.881. The zero-order valence-electron chi connectivity index (χ0n) is 12.1. The molecule has 1 aromatic heterocycles. The van der Waals surface area contributed by atoms with Gasteiger partial charge in [-0.3, -0.25) is 0 Å². The van der Waals surface area contributed by atoms with Crippen molar-refractivity contribution < 1.29 is 5.11 Å². The lowest BCUT2D eigenvalue weighted by molar-refractivity contribution is 0.148. The average Bonchev–Trinajstić information content (AvgIpc) is 2.42. The van der Waals surface area contributed by atoms with Crippen LogP contribution in [0.15, 0.2) is 17.4 Å². The average molecular weight is 283 g/mol. The first-order chi connectivity index (χ1) is 9.15. The third-order valence-electron chi connectivity index (χ3n) is 3.33. The fraction of sp³-hybridized carbons (Fsp3) is 0.714. The van der Waals surface area contributed by atoms with Gasteiger partial charge in [0.25, 0.3) is 0 Å². The van der Waals surface area contributed by atoms with Gasteiger partial charge in [0, 0.05) is 23.2 Å². The van der Waals surface area contributed by atoms with Crippen LogP contribution in [-0.2, 0) is 0 Å². The fourth-order valence-corrected chi connectivity index (χ4v) is 2.90. The predicted molar refractivity (Wildman–Crippen MR) is 80.5 cm³/mol. The second-order valence-corrected chi connectivity index (χ2v) is 5.82. The summed E-state index contributed by atoms with van der Waals surface area (Å²) in [4.78, 5) is 8.61. The van der Waals surface area contributed by atoms with Gasteiger partial charge in [-0.1, -0.05) is 25.6 Å². The predicted octanol–water partition coefficient (Wildman–Crippen LogP) is 2.41. The van der Waals surface area contributed by atoms with Crippen molar-refractivity contribution in [3.05, 3.63) is 18.0 Å². The topological polar surface area (TPSA) is 58.0 Å². The summed E-state index contributed by atoms with van der Waals surface area (Å²) >= 11 is 1.68. The van der Waals surface area contributed by atoms with E-state index in [1.165, 1.54) is 0 Å². The van der Waals surface area contributed by atoms with Crippen LogP contribution in [0.25, 0.3) is 0 Å². The van der Waals surface area contributed by atoms with Gasteiger partial charge in [0.1, 0.15) is 0 Å². The van der Waals surface area contributed by atoms with E-state index in [1.807, 2.05) is 13.0 Å². The summed E-state index contributed by atoms with van der Waals surface area (Å²) in [5.74, 6) is 0.983. The van der Waals surface area contributed by atoms with Crippen LogP contribution in [0.3, 0.4) is 0 Å². The van der Waals surface area contributed by atoms with Gasteiger partial charge in [-0.2, -0.15) is 0 Å². The van der Waals surface area contributed by atoms with Crippen molar-refractivity contribution in [2.75, 3.05) is 18.9 Å². The summed E-state index contributed by atoms with van der Waals surface area (Å²) in [6.07, 6.45) is 4.77. The number of rotatable bonds is 9. The summed E-state index contributed by atoms with van der Waals surface area (Å²) in [7, 11) is 0. The molecule has 19 heavy (non-hydrogen) atoms. The first-order valence-corrected chi connectivity index (χ1v) is 7.92. The number of nitrogens with one attached hydrogen (secondary N) is 1. The van der Waals surface area contributed by atoms with Gasteiger partial charge in [0.15, 0.2) is 5.16 Å². The molecule has 0 aromatic carbocycles. The van der Waals surface area contributed by atoms with Crippen molar-refractivity contribution in [2.45, 2.75) is 50.7 Å². The van der Waals surface area contributed by atoms with Gasteiger partial charge >= 0.3 is 0 Å². The number of hydrogen-bond acceptors (Lipinski definition) is 5. The quantitative estimate of drug-likeness (QED) is 0.414. The first-order valence-electron chi connectivity index (χ1n) is 6.94.